The molecule has 1 aromatic rings. The van der Waals surface area contributed by atoms with Crippen LogP contribution in [0.15, 0.2) is 10.5 Å². The highest BCUT2D eigenvalue weighted by atomic mass is 79.9. The Balaban J connectivity index is 2.60. The van der Waals surface area contributed by atoms with Crippen molar-refractivity contribution in [3.63, 3.8) is 0 Å². The van der Waals surface area contributed by atoms with Gasteiger partial charge in [-0.05, 0) is 28.8 Å². The minimum absolute atomic E-state index is 0.156. The molecule has 0 aliphatic heterocycles. The van der Waals surface area contributed by atoms with Crippen LogP contribution in [0.3, 0.4) is 0 Å². The summed E-state index contributed by atoms with van der Waals surface area (Å²) in [5.74, 6) is 1.22. The zero-order valence-electron chi connectivity index (χ0n) is 10.6. The van der Waals surface area contributed by atoms with Crippen LogP contribution in [0.5, 0.6) is 17.2 Å². The number of rotatable bonds is 3. The number of methoxy groups -OCH3 is 2. The van der Waals surface area contributed by atoms with E-state index in [1.807, 2.05) is 0 Å². The van der Waals surface area contributed by atoms with E-state index in [1.165, 1.54) is 7.11 Å². The van der Waals surface area contributed by atoms with Crippen molar-refractivity contribution in [2.75, 3.05) is 14.2 Å². The Labute approximate surface area is 115 Å². The molecule has 1 aliphatic carbocycles. The van der Waals surface area contributed by atoms with Crippen LogP contribution in [-0.4, -0.2) is 19.3 Å². The summed E-state index contributed by atoms with van der Waals surface area (Å²) >= 11 is 3.48. The van der Waals surface area contributed by atoms with Gasteiger partial charge in [0.2, 0.25) is 0 Å². The van der Waals surface area contributed by atoms with Crippen molar-refractivity contribution >= 4 is 15.9 Å². The lowest BCUT2D eigenvalue weighted by Crippen LogP contribution is -2.33. The molecule has 0 radical (unpaired) electrons. The first-order chi connectivity index (χ1) is 8.53. The van der Waals surface area contributed by atoms with Gasteiger partial charge in [0.15, 0.2) is 11.5 Å². The molecule has 0 aromatic heterocycles. The second-order valence-corrected chi connectivity index (χ2v) is 5.48. The topological polar surface area (TPSA) is 64.7 Å². The van der Waals surface area contributed by atoms with Gasteiger partial charge in [0.05, 0.1) is 18.7 Å². The number of halogens is 1. The van der Waals surface area contributed by atoms with E-state index < -0.39 is 5.54 Å². The zero-order valence-corrected chi connectivity index (χ0v) is 12.2. The highest BCUT2D eigenvalue weighted by molar-refractivity contribution is 9.10. The standard InChI is InChI=1S/C13H18BrNO3/c1-17-9-7-8(16)10(11(14)12(9)18-2)13(15)5-3-4-6-13/h7,16H,3-6,15H2,1-2H3. The summed E-state index contributed by atoms with van der Waals surface area (Å²) in [6.07, 6.45) is 3.90. The Kier molecular flexibility index (Phi) is 3.73. The van der Waals surface area contributed by atoms with E-state index >= 15 is 0 Å². The lowest BCUT2D eigenvalue weighted by Gasteiger charge is -2.27. The molecule has 3 N–H and O–H groups in total. The van der Waals surface area contributed by atoms with E-state index in [0.717, 1.165) is 31.2 Å². The Morgan fingerprint density at radius 2 is 1.89 bits per heavy atom. The van der Waals surface area contributed by atoms with Crippen LogP contribution in [0.4, 0.5) is 0 Å². The molecule has 0 saturated heterocycles. The molecule has 0 atom stereocenters. The number of aromatic hydroxyl groups is 1. The maximum Gasteiger partial charge on any atom is 0.175 e. The average molecular weight is 316 g/mol. The first-order valence-electron chi connectivity index (χ1n) is 5.96. The monoisotopic (exact) mass is 315 g/mol. The van der Waals surface area contributed by atoms with Crippen LogP contribution in [0.2, 0.25) is 0 Å². The normalized spacial score (nSPS) is 17.8. The third-order valence-electron chi connectivity index (χ3n) is 3.58. The van der Waals surface area contributed by atoms with Crippen molar-refractivity contribution < 1.29 is 14.6 Å². The smallest absolute Gasteiger partial charge is 0.175 e. The van der Waals surface area contributed by atoms with E-state index in [2.05, 4.69) is 15.9 Å². The third-order valence-corrected chi connectivity index (χ3v) is 4.34. The van der Waals surface area contributed by atoms with E-state index in [4.69, 9.17) is 15.2 Å². The number of hydrogen-bond acceptors (Lipinski definition) is 4. The summed E-state index contributed by atoms with van der Waals surface area (Å²) in [6.45, 7) is 0. The Bertz CT molecular complexity index is 456. The quantitative estimate of drug-likeness (QED) is 0.900. The highest BCUT2D eigenvalue weighted by Gasteiger charge is 2.37. The molecular weight excluding hydrogens is 298 g/mol. The van der Waals surface area contributed by atoms with E-state index in [9.17, 15) is 5.11 Å². The molecule has 0 heterocycles. The van der Waals surface area contributed by atoms with E-state index in [0.29, 0.717) is 16.0 Å². The summed E-state index contributed by atoms with van der Waals surface area (Å²) in [4.78, 5) is 0. The molecule has 4 nitrogen and oxygen atoms in total. The van der Waals surface area contributed by atoms with Gasteiger partial charge in [-0.25, -0.2) is 0 Å². The summed E-state index contributed by atoms with van der Waals surface area (Å²) in [5, 5.41) is 10.2. The van der Waals surface area contributed by atoms with Crippen molar-refractivity contribution in [3.8, 4) is 17.2 Å². The summed E-state index contributed by atoms with van der Waals surface area (Å²) in [5.41, 5.74) is 6.65. The Hall–Kier alpha value is -0.940. The number of hydrogen-bond donors (Lipinski definition) is 2. The molecule has 0 bridgehead atoms. The molecule has 1 fully saturated rings. The lowest BCUT2D eigenvalue weighted by molar-refractivity contribution is 0.342. The molecule has 18 heavy (non-hydrogen) atoms. The predicted molar refractivity (Wildman–Crippen MR) is 73.2 cm³/mol. The van der Waals surface area contributed by atoms with Crippen molar-refractivity contribution in [2.24, 2.45) is 5.73 Å². The van der Waals surface area contributed by atoms with Gasteiger partial charge in [-0.15, -0.1) is 0 Å². The van der Waals surface area contributed by atoms with Gasteiger partial charge in [0.1, 0.15) is 5.75 Å². The SMILES string of the molecule is COc1cc(O)c(C2(N)CCCC2)c(Br)c1OC. The van der Waals surface area contributed by atoms with Gasteiger partial charge in [-0.1, -0.05) is 12.8 Å². The molecule has 2 rings (SSSR count). The molecule has 0 amide bonds. The minimum atomic E-state index is -0.484. The largest absolute Gasteiger partial charge is 0.507 e. The average Bonchev–Trinajstić information content (AvgIpc) is 2.76. The fraction of sp³-hybridized carbons (Fsp3) is 0.538. The van der Waals surface area contributed by atoms with E-state index in [1.54, 1.807) is 13.2 Å². The maximum absolute atomic E-state index is 10.2. The van der Waals surface area contributed by atoms with Crippen molar-refractivity contribution in [3.05, 3.63) is 16.1 Å². The Morgan fingerprint density at radius 1 is 1.28 bits per heavy atom. The predicted octanol–water partition coefficient (Wildman–Crippen LogP) is 2.90. The van der Waals surface area contributed by atoms with Gasteiger partial charge >= 0.3 is 0 Å². The van der Waals surface area contributed by atoms with Crippen LogP contribution in [0, 0.1) is 0 Å². The first-order valence-corrected chi connectivity index (χ1v) is 6.75. The minimum Gasteiger partial charge on any atom is -0.507 e. The fourth-order valence-electron chi connectivity index (χ4n) is 2.67. The molecule has 1 aromatic carbocycles. The Morgan fingerprint density at radius 3 is 2.39 bits per heavy atom. The van der Waals surface area contributed by atoms with Crippen LogP contribution in [0.1, 0.15) is 31.2 Å². The maximum atomic E-state index is 10.2. The van der Waals surface area contributed by atoms with Crippen molar-refractivity contribution in [2.45, 2.75) is 31.2 Å². The molecule has 1 saturated carbocycles. The number of phenols is 1. The molecular formula is C13H18BrNO3. The second kappa shape index (κ2) is 4.97. The number of ether oxygens (including phenoxy) is 2. The summed E-state index contributed by atoms with van der Waals surface area (Å²) in [7, 11) is 3.11. The van der Waals surface area contributed by atoms with Gasteiger partial charge in [0, 0.05) is 17.2 Å². The summed E-state index contributed by atoms with van der Waals surface area (Å²) in [6, 6.07) is 1.56. The van der Waals surface area contributed by atoms with Gasteiger partial charge in [0.25, 0.3) is 0 Å². The van der Waals surface area contributed by atoms with Crippen molar-refractivity contribution in [1.82, 2.24) is 0 Å². The molecule has 0 spiro atoms. The molecule has 100 valence electrons. The highest BCUT2D eigenvalue weighted by Crippen LogP contribution is 2.50. The summed E-state index contributed by atoms with van der Waals surface area (Å²) < 4.78 is 11.2. The number of phenolic OH excluding ortho intramolecular Hbond substituents is 1. The van der Waals surface area contributed by atoms with Crippen LogP contribution in [-0.2, 0) is 5.54 Å². The van der Waals surface area contributed by atoms with Crippen LogP contribution < -0.4 is 15.2 Å². The molecule has 0 unspecified atom stereocenters. The molecule has 5 heteroatoms. The van der Waals surface area contributed by atoms with Gasteiger partial charge < -0.3 is 20.3 Å². The fourth-order valence-corrected chi connectivity index (χ4v) is 3.62. The third kappa shape index (κ3) is 2.06. The van der Waals surface area contributed by atoms with E-state index in [-0.39, 0.29) is 5.75 Å². The zero-order chi connectivity index (χ0) is 13.3. The van der Waals surface area contributed by atoms with Crippen LogP contribution in [0.25, 0.3) is 0 Å². The second-order valence-electron chi connectivity index (χ2n) is 4.68. The molecule has 1 aliphatic rings. The van der Waals surface area contributed by atoms with Crippen LogP contribution >= 0.6 is 15.9 Å². The van der Waals surface area contributed by atoms with Gasteiger partial charge in [-0.2, -0.15) is 0 Å². The van der Waals surface area contributed by atoms with Gasteiger partial charge in [-0.3, -0.25) is 0 Å². The number of benzene rings is 1. The lowest BCUT2D eigenvalue weighted by atomic mass is 9.88. The number of nitrogens with two attached hydrogens (primary N) is 1. The van der Waals surface area contributed by atoms with Crippen molar-refractivity contribution in [1.29, 1.82) is 0 Å². The first kappa shape index (κ1) is 13.5.